The summed E-state index contributed by atoms with van der Waals surface area (Å²) in [6.45, 7) is 6.64. The molecule has 4 N–H and O–H groups in total. The lowest BCUT2D eigenvalue weighted by atomic mass is 10.00. The van der Waals surface area contributed by atoms with Crippen molar-refractivity contribution in [3.63, 3.8) is 0 Å². The summed E-state index contributed by atoms with van der Waals surface area (Å²) in [5, 5.41) is 24.4. The molecule has 0 saturated carbocycles. The third-order valence-electron chi connectivity index (χ3n) is 3.78. The number of nitrogens with zero attached hydrogens (tertiary/aromatic N) is 1. The van der Waals surface area contributed by atoms with Gasteiger partial charge in [0.2, 0.25) is 0 Å². The first-order chi connectivity index (χ1) is 12.1. The van der Waals surface area contributed by atoms with E-state index in [1.165, 1.54) is 0 Å². The van der Waals surface area contributed by atoms with Gasteiger partial charge >= 0.3 is 0 Å². The molecule has 7 heteroatoms. The van der Waals surface area contributed by atoms with E-state index >= 15 is 0 Å². The lowest BCUT2D eigenvalue weighted by Crippen LogP contribution is -2.39. The Bertz CT molecular complexity index is 632. The fourth-order valence-corrected chi connectivity index (χ4v) is 3.10. The second-order valence-electron chi connectivity index (χ2n) is 6.05. The lowest BCUT2D eigenvalue weighted by Gasteiger charge is -2.21. The highest BCUT2D eigenvalue weighted by Gasteiger charge is 2.23. The molecule has 2 rings (SSSR count). The van der Waals surface area contributed by atoms with Crippen LogP contribution in [0, 0.1) is 0 Å². The van der Waals surface area contributed by atoms with Crippen LogP contribution in [0.15, 0.2) is 52.2 Å². The van der Waals surface area contributed by atoms with Gasteiger partial charge in [-0.25, -0.2) is 4.99 Å². The molecule has 2 aromatic rings. The smallest absolute Gasteiger partial charge is 0.191 e. The van der Waals surface area contributed by atoms with E-state index in [9.17, 15) is 5.11 Å². The van der Waals surface area contributed by atoms with Gasteiger partial charge in [0.1, 0.15) is 5.60 Å². The molecule has 0 aliphatic carbocycles. The average Bonchev–Trinajstić information content (AvgIpc) is 3.16. The number of hydrogen-bond acceptors (Lipinski definition) is 4. The van der Waals surface area contributed by atoms with Gasteiger partial charge in [-0.3, -0.25) is 0 Å². The Labute approximate surface area is 177 Å². The van der Waals surface area contributed by atoms with Crippen molar-refractivity contribution in [2.45, 2.75) is 25.9 Å². The van der Waals surface area contributed by atoms with E-state index in [1.807, 2.05) is 41.9 Å². The molecule has 1 atom stereocenters. The SMILES string of the molecule is CCNC(=NCC(C)(O)c1ccsc1)NCCCNc1ccccc1.I. The Morgan fingerprint density at radius 2 is 1.92 bits per heavy atom. The van der Waals surface area contributed by atoms with Crippen LogP contribution in [0.2, 0.25) is 0 Å². The fourth-order valence-electron chi connectivity index (χ4n) is 2.32. The maximum absolute atomic E-state index is 10.6. The summed E-state index contributed by atoms with van der Waals surface area (Å²) in [5.41, 5.74) is 1.09. The molecule has 0 spiro atoms. The number of para-hydroxylation sites is 1. The van der Waals surface area contributed by atoms with Gasteiger partial charge in [0, 0.05) is 25.3 Å². The van der Waals surface area contributed by atoms with Crippen LogP contribution in [0.25, 0.3) is 0 Å². The van der Waals surface area contributed by atoms with Gasteiger partial charge in [-0.2, -0.15) is 11.3 Å². The summed E-state index contributed by atoms with van der Waals surface area (Å²) in [4.78, 5) is 4.53. The molecule has 0 aliphatic heterocycles. The van der Waals surface area contributed by atoms with Gasteiger partial charge in [-0.1, -0.05) is 18.2 Å². The third kappa shape index (κ3) is 7.92. The first kappa shape index (κ1) is 22.7. The van der Waals surface area contributed by atoms with Gasteiger partial charge in [0.05, 0.1) is 6.54 Å². The Balaban J connectivity index is 0.00000338. The molecular formula is C19H29IN4OS. The highest BCUT2D eigenvalue weighted by atomic mass is 127. The van der Waals surface area contributed by atoms with E-state index in [0.29, 0.717) is 6.54 Å². The molecule has 0 fully saturated rings. The van der Waals surface area contributed by atoms with Gasteiger partial charge in [-0.05, 0) is 54.8 Å². The molecule has 1 unspecified atom stereocenters. The number of nitrogens with one attached hydrogen (secondary N) is 3. The van der Waals surface area contributed by atoms with Crippen molar-refractivity contribution in [1.82, 2.24) is 10.6 Å². The zero-order valence-electron chi connectivity index (χ0n) is 15.4. The number of halogens is 1. The van der Waals surface area contributed by atoms with E-state index in [4.69, 9.17) is 0 Å². The zero-order valence-corrected chi connectivity index (χ0v) is 18.5. The number of thiophene rings is 1. The second-order valence-corrected chi connectivity index (χ2v) is 6.83. The minimum atomic E-state index is -0.947. The molecule has 26 heavy (non-hydrogen) atoms. The second kappa shape index (κ2) is 12.1. The summed E-state index contributed by atoms with van der Waals surface area (Å²) in [6.07, 6.45) is 0.972. The van der Waals surface area contributed by atoms with Crippen LogP contribution in [0.5, 0.6) is 0 Å². The summed E-state index contributed by atoms with van der Waals surface area (Å²) in [5.74, 6) is 0.734. The number of hydrogen-bond donors (Lipinski definition) is 4. The van der Waals surface area contributed by atoms with Gasteiger partial charge in [0.15, 0.2) is 5.96 Å². The van der Waals surface area contributed by atoms with Crippen molar-refractivity contribution in [3.05, 3.63) is 52.7 Å². The van der Waals surface area contributed by atoms with Crippen molar-refractivity contribution in [2.75, 3.05) is 31.5 Å². The Hall–Kier alpha value is -1.32. The minimum absolute atomic E-state index is 0. The Morgan fingerprint density at radius 1 is 1.15 bits per heavy atom. The topological polar surface area (TPSA) is 68.7 Å². The standard InChI is InChI=1S/C19H28N4OS.HI/c1-3-20-18(23-15-19(2,24)16-10-13-25-14-16)22-12-7-11-21-17-8-5-4-6-9-17;/h4-6,8-10,13-14,21,24H,3,7,11-12,15H2,1-2H3,(H2,20,22,23);1H. The van der Waals surface area contributed by atoms with Gasteiger partial charge in [0.25, 0.3) is 0 Å². The Morgan fingerprint density at radius 3 is 2.58 bits per heavy atom. The quantitative estimate of drug-likeness (QED) is 0.188. The van der Waals surface area contributed by atoms with Crippen LogP contribution in [0.1, 0.15) is 25.8 Å². The minimum Gasteiger partial charge on any atom is -0.385 e. The average molecular weight is 488 g/mol. The van der Waals surface area contributed by atoms with Crippen LogP contribution in [-0.2, 0) is 5.60 Å². The van der Waals surface area contributed by atoms with Crippen LogP contribution >= 0.6 is 35.3 Å². The highest BCUT2D eigenvalue weighted by molar-refractivity contribution is 14.0. The molecule has 0 amide bonds. The highest BCUT2D eigenvalue weighted by Crippen LogP contribution is 2.23. The first-order valence-corrected chi connectivity index (χ1v) is 9.62. The van der Waals surface area contributed by atoms with E-state index in [1.54, 1.807) is 18.3 Å². The van der Waals surface area contributed by atoms with Gasteiger partial charge in [-0.15, -0.1) is 24.0 Å². The predicted molar refractivity (Wildman–Crippen MR) is 123 cm³/mol. The molecule has 144 valence electrons. The molecule has 0 radical (unpaired) electrons. The number of aliphatic imine (C=N–C) groups is 1. The largest absolute Gasteiger partial charge is 0.385 e. The van der Waals surface area contributed by atoms with Crippen molar-refractivity contribution in [2.24, 2.45) is 4.99 Å². The van der Waals surface area contributed by atoms with Crippen molar-refractivity contribution in [3.8, 4) is 0 Å². The van der Waals surface area contributed by atoms with Crippen molar-refractivity contribution < 1.29 is 5.11 Å². The number of benzene rings is 1. The molecular weight excluding hydrogens is 459 g/mol. The third-order valence-corrected chi connectivity index (χ3v) is 4.46. The van der Waals surface area contributed by atoms with Crippen molar-refractivity contribution >= 4 is 47.0 Å². The number of aliphatic hydroxyl groups is 1. The van der Waals surface area contributed by atoms with E-state index < -0.39 is 5.60 Å². The van der Waals surface area contributed by atoms with Crippen LogP contribution in [-0.4, -0.2) is 37.2 Å². The maximum Gasteiger partial charge on any atom is 0.191 e. The predicted octanol–water partition coefficient (Wildman–Crippen LogP) is 3.63. The van der Waals surface area contributed by atoms with Crippen LogP contribution < -0.4 is 16.0 Å². The monoisotopic (exact) mass is 488 g/mol. The Kier molecular flexibility index (Phi) is 10.6. The van der Waals surface area contributed by atoms with Crippen LogP contribution in [0.4, 0.5) is 5.69 Å². The molecule has 0 bridgehead atoms. The molecule has 5 nitrogen and oxygen atoms in total. The molecule has 0 aliphatic rings. The van der Waals surface area contributed by atoms with Crippen molar-refractivity contribution in [1.29, 1.82) is 0 Å². The molecule has 1 heterocycles. The number of rotatable bonds is 9. The van der Waals surface area contributed by atoms with E-state index in [0.717, 1.165) is 43.3 Å². The van der Waals surface area contributed by atoms with Gasteiger partial charge < -0.3 is 21.1 Å². The molecule has 0 saturated heterocycles. The summed E-state index contributed by atoms with van der Waals surface area (Å²) < 4.78 is 0. The number of anilines is 1. The number of guanidine groups is 1. The maximum atomic E-state index is 10.6. The van der Waals surface area contributed by atoms with E-state index in [-0.39, 0.29) is 24.0 Å². The first-order valence-electron chi connectivity index (χ1n) is 8.68. The van der Waals surface area contributed by atoms with Crippen LogP contribution in [0.3, 0.4) is 0 Å². The summed E-state index contributed by atoms with van der Waals surface area (Å²) in [6, 6.07) is 12.1. The molecule has 1 aromatic heterocycles. The summed E-state index contributed by atoms with van der Waals surface area (Å²) >= 11 is 1.58. The zero-order chi connectivity index (χ0) is 18.0. The normalized spacial score (nSPS) is 13.4. The lowest BCUT2D eigenvalue weighted by molar-refractivity contribution is 0.0677. The fraction of sp³-hybridized carbons (Fsp3) is 0.421. The summed E-state index contributed by atoms with van der Waals surface area (Å²) in [7, 11) is 0. The van der Waals surface area contributed by atoms with E-state index in [2.05, 4.69) is 33.1 Å². The molecule has 1 aromatic carbocycles.